The number of piperidine rings is 1. The zero-order valence-electron chi connectivity index (χ0n) is 15.2. The minimum Gasteiger partial charge on any atom is -0.385 e. The third kappa shape index (κ3) is 3.11. The molecule has 1 amide bonds. The number of rotatable bonds is 2. The van der Waals surface area contributed by atoms with Gasteiger partial charge in [0.1, 0.15) is 11.8 Å². The molecule has 2 heterocycles. The van der Waals surface area contributed by atoms with Crippen molar-refractivity contribution in [1.82, 2.24) is 9.88 Å². The molecule has 0 radical (unpaired) electrons. The van der Waals surface area contributed by atoms with Gasteiger partial charge >= 0.3 is 0 Å². The number of hydrogen-bond donors (Lipinski definition) is 1. The molecule has 2 aromatic rings. The van der Waals surface area contributed by atoms with E-state index in [0.29, 0.717) is 24.2 Å². The van der Waals surface area contributed by atoms with Crippen LogP contribution in [0, 0.1) is 17.2 Å². The lowest BCUT2D eigenvalue weighted by Crippen LogP contribution is -2.59. The van der Waals surface area contributed by atoms with Crippen molar-refractivity contribution in [2.24, 2.45) is 5.92 Å². The fraction of sp³-hybridized carbons (Fsp3) is 0.409. The number of carbonyl (C=O) groups excluding carboxylic acids is 1. The van der Waals surface area contributed by atoms with Crippen LogP contribution in [-0.2, 0) is 5.60 Å². The summed E-state index contributed by atoms with van der Waals surface area (Å²) in [5, 5.41) is 20.5. The van der Waals surface area contributed by atoms with Crippen LogP contribution in [0.4, 0.5) is 0 Å². The summed E-state index contributed by atoms with van der Waals surface area (Å²) in [5.41, 5.74) is 0.878. The highest BCUT2D eigenvalue weighted by Crippen LogP contribution is 2.47. The zero-order chi connectivity index (χ0) is 18.9. The molecule has 27 heavy (non-hydrogen) atoms. The number of amides is 1. The average molecular weight is 361 g/mol. The van der Waals surface area contributed by atoms with Crippen LogP contribution in [0.3, 0.4) is 0 Å². The van der Waals surface area contributed by atoms with Crippen LogP contribution in [0.1, 0.15) is 53.7 Å². The van der Waals surface area contributed by atoms with E-state index in [1.165, 1.54) is 6.20 Å². The number of nitrogens with zero attached hydrogens (tertiary/aromatic N) is 3. The molecule has 0 bridgehead atoms. The predicted molar refractivity (Wildman–Crippen MR) is 101 cm³/mol. The summed E-state index contributed by atoms with van der Waals surface area (Å²) < 4.78 is 0. The Morgan fingerprint density at radius 3 is 2.67 bits per heavy atom. The quantitative estimate of drug-likeness (QED) is 0.891. The standard InChI is InChI=1S/C22H23N3O2/c23-14-18-11-10-16(15-24-18)21(26)25-13-12-22(27,17-6-2-1-3-7-17)19-8-4-5-9-20(19)25/h1-3,6-7,10-11,15,19-20,27H,4-5,8-9,12-13H2/t19-,20+,22-/m0/s1. The molecule has 5 heteroatoms. The molecule has 2 fully saturated rings. The summed E-state index contributed by atoms with van der Waals surface area (Å²) in [6, 6.07) is 15.1. The van der Waals surface area contributed by atoms with Gasteiger partial charge in [-0.05, 0) is 37.0 Å². The topological polar surface area (TPSA) is 77.2 Å². The van der Waals surface area contributed by atoms with E-state index < -0.39 is 5.60 Å². The number of aliphatic hydroxyl groups is 1. The molecule has 1 N–H and O–H groups in total. The molecular weight excluding hydrogens is 338 g/mol. The Morgan fingerprint density at radius 2 is 1.96 bits per heavy atom. The van der Waals surface area contributed by atoms with Crippen LogP contribution in [0.15, 0.2) is 48.7 Å². The van der Waals surface area contributed by atoms with Gasteiger partial charge in [-0.25, -0.2) is 4.98 Å². The van der Waals surface area contributed by atoms with E-state index in [4.69, 9.17) is 5.26 Å². The molecular formula is C22H23N3O2. The van der Waals surface area contributed by atoms with E-state index in [-0.39, 0.29) is 17.9 Å². The highest BCUT2D eigenvalue weighted by molar-refractivity contribution is 5.94. The van der Waals surface area contributed by atoms with Crippen molar-refractivity contribution < 1.29 is 9.90 Å². The minimum atomic E-state index is -0.883. The molecule has 3 atom stereocenters. The van der Waals surface area contributed by atoms with Crippen molar-refractivity contribution in [2.45, 2.75) is 43.7 Å². The second-order valence-electron chi connectivity index (χ2n) is 7.54. The van der Waals surface area contributed by atoms with Crippen LogP contribution in [0.2, 0.25) is 0 Å². The molecule has 1 aliphatic heterocycles. The van der Waals surface area contributed by atoms with Crippen molar-refractivity contribution in [3.05, 3.63) is 65.5 Å². The van der Waals surface area contributed by atoms with Gasteiger partial charge in [0.05, 0.1) is 11.2 Å². The molecule has 1 aliphatic carbocycles. The molecule has 5 nitrogen and oxygen atoms in total. The average Bonchev–Trinajstić information content (AvgIpc) is 2.74. The lowest BCUT2D eigenvalue weighted by atomic mass is 9.66. The van der Waals surface area contributed by atoms with Gasteiger partial charge in [-0.15, -0.1) is 0 Å². The number of fused-ring (bicyclic) bond motifs is 1. The molecule has 1 saturated carbocycles. The third-order valence-electron chi connectivity index (χ3n) is 6.14. The first-order chi connectivity index (χ1) is 13.1. The summed E-state index contributed by atoms with van der Waals surface area (Å²) in [6.45, 7) is 0.519. The molecule has 1 aromatic heterocycles. The van der Waals surface area contributed by atoms with Crippen molar-refractivity contribution in [1.29, 1.82) is 5.26 Å². The lowest BCUT2D eigenvalue weighted by Gasteiger charge is -2.52. The number of carbonyl (C=O) groups is 1. The van der Waals surface area contributed by atoms with Crippen LogP contribution in [0.25, 0.3) is 0 Å². The second-order valence-corrected chi connectivity index (χ2v) is 7.54. The Kier molecular flexibility index (Phi) is 4.67. The highest BCUT2D eigenvalue weighted by Gasteiger charge is 2.50. The van der Waals surface area contributed by atoms with E-state index in [1.807, 2.05) is 41.3 Å². The van der Waals surface area contributed by atoms with E-state index in [0.717, 1.165) is 31.2 Å². The molecule has 4 rings (SSSR count). The van der Waals surface area contributed by atoms with Crippen LogP contribution >= 0.6 is 0 Å². The van der Waals surface area contributed by atoms with Gasteiger partial charge in [0.25, 0.3) is 5.91 Å². The van der Waals surface area contributed by atoms with E-state index >= 15 is 0 Å². The highest BCUT2D eigenvalue weighted by atomic mass is 16.3. The summed E-state index contributed by atoms with van der Waals surface area (Å²) in [6.07, 6.45) is 6.00. The summed E-state index contributed by atoms with van der Waals surface area (Å²) in [4.78, 5) is 19.1. The first-order valence-corrected chi connectivity index (χ1v) is 9.58. The van der Waals surface area contributed by atoms with Crippen LogP contribution in [-0.4, -0.2) is 33.5 Å². The maximum atomic E-state index is 13.1. The van der Waals surface area contributed by atoms with E-state index in [9.17, 15) is 9.90 Å². The Balaban J connectivity index is 1.63. The largest absolute Gasteiger partial charge is 0.385 e. The minimum absolute atomic E-state index is 0.0286. The van der Waals surface area contributed by atoms with Crippen LogP contribution < -0.4 is 0 Å². The Bertz CT molecular complexity index is 859. The monoisotopic (exact) mass is 361 g/mol. The molecule has 0 unspecified atom stereocenters. The van der Waals surface area contributed by atoms with Gasteiger partial charge in [-0.2, -0.15) is 5.26 Å². The maximum Gasteiger partial charge on any atom is 0.255 e. The number of pyridine rings is 1. The predicted octanol–water partition coefficient (Wildman–Crippen LogP) is 3.25. The van der Waals surface area contributed by atoms with Gasteiger partial charge < -0.3 is 10.0 Å². The lowest BCUT2D eigenvalue weighted by molar-refractivity contribution is -0.110. The van der Waals surface area contributed by atoms with Crippen molar-refractivity contribution in [3.8, 4) is 6.07 Å². The SMILES string of the molecule is N#Cc1ccc(C(=O)N2CC[C@](O)(c3ccccc3)[C@H]3CCCC[C@H]32)cn1. The van der Waals surface area contributed by atoms with Gasteiger partial charge in [-0.3, -0.25) is 4.79 Å². The third-order valence-corrected chi connectivity index (χ3v) is 6.14. The Labute approximate surface area is 159 Å². The maximum absolute atomic E-state index is 13.1. The summed E-state index contributed by atoms with van der Waals surface area (Å²) in [5.74, 6) is -0.0170. The fourth-order valence-corrected chi connectivity index (χ4v) is 4.77. The smallest absolute Gasteiger partial charge is 0.255 e. The second kappa shape index (κ2) is 7.13. The van der Waals surface area contributed by atoms with Gasteiger partial charge in [-0.1, -0.05) is 43.2 Å². The number of aromatic nitrogens is 1. The van der Waals surface area contributed by atoms with E-state index in [2.05, 4.69) is 4.98 Å². The number of benzene rings is 1. The van der Waals surface area contributed by atoms with Gasteiger partial charge in [0.15, 0.2) is 0 Å². The number of nitriles is 1. The van der Waals surface area contributed by atoms with Crippen molar-refractivity contribution >= 4 is 5.91 Å². The van der Waals surface area contributed by atoms with Gasteiger partial charge in [0.2, 0.25) is 0 Å². The molecule has 138 valence electrons. The number of hydrogen-bond acceptors (Lipinski definition) is 4. The zero-order valence-corrected chi connectivity index (χ0v) is 15.2. The first-order valence-electron chi connectivity index (χ1n) is 9.58. The fourth-order valence-electron chi connectivity index (χ4n) is 4.77. The van der Waals surface area contributed by atoms with Crippen molar-refractivity contribution in [2.75, 3.05) is 6.54 Å². The first kappa shape index (κ1) is 17.7. The van der Waals surface area contributed by atoms with E-state index in [1.54, 1.807) is 12.1 Å². The molecule has 0 spiro atoms. The summed E-state index contributed by atoms with van der Waals surface area (Å²) >= 11 is 0. The van der Waals surface area contributed by atoms with Crippen LogP contribution in [0.5, 0.6) is 0 Å². The summed E-state index contributed by atoms with van der Waals surface area (Å²) in [7, 11) is 0. The van der Waals surface area contributed by atoms with Gasteiger partial charge in [0, 0.05) is 24.7 Å². The normalized spacial score (nSPS) is 27.5. The molecule has 1 saturated heterocycles. The Morgan fingerprint density at radius 1 is 1.19 bits per heavy atom. The van der Waals surface area contributed by atoms with Crippen molar-refractivity contribution in [3.63, 3.8) is 0 Å². The molecule has 2 aliphatic rings. The Hall–Kier alpha value is -2.71. The number of likely N-dealkylation sites (tertiary alicyclic amines) is 1. The molecule has 1 aromatic carbocycles.